The van der Waals surface area contributed by atoms with Crippen molar-refractivity contribution in [2.24, 2.45) is 0 Å². The minimum absolute atomic E-state index is 0.186. The molecule has 3 rings (SSSR count). The van der Waals surface area contributed by atoms with Gasteiger partial charge in [0.15, 0.2) is 5.75 Å². The molecular weight excluding hydrogens is 322 g/mol. The van der Waals surface area contributed by atoms with E-state index in [0.29, 0.717) is 30.2 Å². The Morgan fingerprint density at radius 1 is 1.28 bits per heavy atom. The number of pyridine rings is 1. The molecule has 0 saturated carbocycles. The lowest BCUT2D eigenvalue weighted by Gasteiger charge is -2.14. The van der Waals surface area contributed by atoms with Crippen molar-refractivity contribution in [1.82, 2.24) is 10.3 Å². The van der Waals surface area contributed by atoms with Crippen molar-refractivity contribution in [1.29, 1.82) is 0 Å². The number of hydrogen-bond acceptors (Lipinski definition) is 5. The van der Waals surface area contributed by atoms with Crippen LogP contribution in [0.25, 0.3) is 0 Å². The molecule has 7 heteroatoms. The molecule has 0 radical (unpaired) electrons. The molecule has 2 N–H and O–H groups in total. The first kappa shape index (κ1) is 16.9. The number of carbonyl (C=O) groups excluding carboxylic acids is 2. The Balaban J connectivity index is 1.77. The quantitative estimate of drug-likeness (QED) is 0.871. The Hall–Kier alpha value is -2.93. The highest BCUT2D eigenvalue weighted by atomic mass is 16.5. The summed E-state index contributed by atoms with van der Waals surface area (Å²) < 4.78 is 11.2. The van der Waals surface area contributed by atoms with Gasteiger partial charge in [-0.1, -0.05) is 12.1 Å². The Morgan fingerprint density at radius 3 is 2.88 bits per heavy atom. The monoisotopic (exact) mass is 341 g/mol. The van der Waals surface area contributed by atoms with Gasteiger partial charge in [-0.3, -0.25) is 14.6 Å². The summed E-state index contributed by atoms with van der Waals surface area (Å²) in [6, 6.07) is 10.3. The third-order valence-corrected chi connectivity index (χ3v) is 3.79. The molecule has 1 atom stereocenters. The van der Waals surface area contributed by atoms with Crippen LogP contribution < -0.4 is 15.4 Å². The number of hydrogen-bond donors (Lipinski definition) is 2. The molecule has 25 heavy (non-hydrogen) atoms. The molecule has 1 saturated heterocycles. The Kier molecular flexibility index (Phi) is 5.25. The molecule has 130 valence electrons. The maximum Gasteiger partial charge on any atom is 0.269 e. The summed E-state index contributed by atoms with van der Waals surface area (Å²) in [6.07, 6.45) is 2.67. The molecule has 2 aromatic rings. The van der Waals surface area contributed by atoms with Gasteiger partial charge >= 0.3 is 0 Å². The first-order valence-electron chi connectivity index (χ1n) is 8.05. The van der Waals surface area contributed by atoms with Gasteiger partial charge in [0.25, 0.3) is 11.8 Å². The number of carbonyl (C=O) groups is 2. The number of rotatable bonds is 5. The average Bonchev–Trinajstić information content (AvgIpc) is 3.18. The largest absolute Gasteiger partial charge is 0.455 e. The molecule has 2 heterocycles. The van der Waals surface area contributed by atoms with Crippen LogP contribution >= 0.6 is 0 Å². The number of benzene rings is 1. The van der Waals surface area contributed by atoms with Gasteiger partial charge < -0.3 is 20.1 Å². The number of nitrogens with zero attached hydrogens (tertiary/aromatic N) is 1. The highest BCUT2D eigenvalue weighted by molar-refractivity contribution is 5.95. The van der Waals surface area contributed by atoms with Gasteiger partial charge in [0.05, 0.1) is 5.69 Å². The topological polar surface area (TPSA) is 89.6 Å². The first-order valence-corrected chi connectivity index (χ1v) is 8.05. The predicted octanol–water partition coefficient (Wildman–Crippen LogP) is 2.35. The van der Waals surface area contributed by atoms with Crippen LogP contribution in [0.1, 0.15) is 23.3 Å². The van der Waals surface area contributed by atoms with E-state index in [9.17, 15) is 9.59 Å². The molecule has 1 aromatic carbocycles. The minimum Gasteiger partial charge on any atom is -0.455 e. The van der Waals surface area contributed by atoms with Crippen LogP contribution in [0.15, 0.2) is 42.6 Å². The number of anilines is 1. The summed E-state index contributed by atoms with van der Waals surface area (Å²) in [5, 5.41) is 5.35. The lowest BCUT2D eigenvalue weighted by molar-refractivity contribution is -0.124. The van der Waals surface area contributed by atoms with E-state index in [4.69, 9.17) is 9.47 Å². The molecule has 1 fully saturated rings. The van der Waals surface area contributed by atoms with E-state index < -0.39 is 6.10 Å². The van der Waals surface area contributed by atoms with Crippen molar-refractivity contribution in [3.05, 3.63) is 48.3 Å². The maximum atomic E-state index is 12.2. The molecule has 1 aliphatic heterocycles. The van der Waals surface area contributed by atoms with E-state index in [1.807, 2.05) is 0 Å². The van der Waals surface area contributed by atoms with E-state index in [0.717, 1.165) is 6.42 Å². The van der Waals surface area contributed by atoms with Gasteiger partial charge in [0.1, 0.15) is 17.5 Å². The zero-order valence-corrected chi connectivity index (χ0v) is 13.8. The fourth-order valence-corrected chi connectivity index (χ4v) is 2.51. The smallest absolute Gasteiger partial charge is 0.269 e. The van der Waals surface area contributed by atoms with Crippen LogP contribution in [0.5, 0.6) is 11.5 Å². The molecule has 7 nitrogen and oxygen atoms in total. The van der Waals surface area contributed by atoms with Gasteiger partial charge in [-0.05, 0) is 31.0 Å². The van der Waals surface area contributed by atoms with Crippen LogP contribution in [0.2, 0.25) is 0 Å². The van der Waals surface area contributed by atoms with Crippen LogP contribution in [-0.2, 0) is 9.53 Å². The van der Waals surface area contributed by atoms with Crippen LogP contribution in [0, 0.1) is 0 Å². The van der Waals surface area contributed by atoms with Gasteiger partial charge in [-0.25, -0.2) is 0 Å². The Labute approximate surface area is 145 Å². The molecule has 1 aromatic heterocycles. The second-order valence-corrected chi connectivity index (χ2v) is 5.55. The van der Waals surface area contributed by atoms with Crippen molar-refractivity contribution in [3.8, 4) is 11.5 Å². The predicted molar refractivity (Wildman–Crippen MR) is 91.7 cm³/mol. The highest BCUT2D eigenvalue weighted by Gasteiger charge is 2.24. The van der Waals surface area contributed by atoms with Gasteiger partial charge in [0, 0.05) is 25.9 Å². The fraction of sp³-hybridized carbons (Fsp3) is 0.278. The molecular formula is C18H19N3O4. The molecule has 0 unspecified atom stereocenters. The number of amides is 2. The number of aromatic nitrogens is 1. The molecule has 0 spiro atoms. The average molecular weight is 341 g/mol. The van der Waals surface area contributed by atoms with Crippen molar-refractivity contribution in [2.45, 2.75) is 18.9 Å². The fourth-order valence-electron chi connectivity index (χ4n) is 2.51. The van der Waals surface area contributed by atoms with Crippen molar-refractivity contribution in [3.63, 3.8) is 0 Å². The lowest BCUT2D eigenvalue weighted by Crippen LogP contribution is -2.27. The van der Waals surface area contributed by atoms with E-state index in [2.05, 4.69) is 15.6 Å². The number of nitrogens with one attached hydrogen (secondary N) is 2. The third-order valence-electron chi connectivity index (χ3n) is 3.79. The Bertz CT molecular complexity index is 772. The first-order chi connectivity index (χ1) is 12.2. The minimum atomic E-state index is -0.422. The van der Waals surface area contributed by atoms with Crippen LogP contribution in [-0.4, -0.2) is 36.6 Å². The normalized spacial score (nSPS) is 16.3. The van der Waals surface area contributed by atoms with E-state index in [1.165, 1.54) is 19.3 Å². The third kappa shape index (κ3) is 4.13. The zero-order valence-electron chi connectivity index (χ0n) is 13.8. The molecule has 0 bridgehead atoms. The van der Waals surface area contributed by atoms with Crippen molar-refractivity contribution < 1.29 is 19.1 Å². The van der Waals surface area contributed by atoms with Gasteiger partial charge in [-0.15, -0.1) is 0 Å². The summed E-state index contributed by atoms with van der Waals surface area (Å²) in [5.74, 6) is 0.440. The van der Waals surface area contributed by atoms with Gasteiger partial charge in [-0.2, -0.15) is 0 Å². The highest BCUT2D eigenvalue weighted by Crippen LogP contribution is 2.30. The van der Waals surface area contributed by atoms with Gasteiger partial charge in [0.2, 0.25) is 0 Å². The van der Waals surface area contributed by atoms with E-state index in [1.54, 1.807) is 30.3 Å². The second-order valence-electron chi connectivity index (χ2n) is 5.55. The van der Waals surface area contributed by atoms with Crippen LogP contribution in [0.4, 0.5) is 5.69 Å². The SMILES string of the molecule is CNC(=O)c1cc(Oc2ccccc2NC(=O)[C@@H]2CCCO2)ccn1. The number of para-hydroxylation sites is 2. The maximum absolute atomic E-state index is 12.2. The number of ether oxygens (including phenoxy) is 2. The Morgan fingerprint density at radius 2 is 2.12 bits per heavy atom. The zero-order chi connectivity index (χ0) is 17.6. The van der Waals surface area contributed by atoms with Crippen molar-refractivity contribution >= 4 is 17.5 Å². The van der Waals surface area contributed by atoms with E-state index in [-0.39, 0.29) is 17.5 Å². The molecule has 0 aliphatic carbocycles. The summed E-state index contributed by atoms with van der Waals surface area (Å²) in [5.41, 5.74) is 0.794. The molecule has 2 amide bonds. The lowest BCUT2D eigenvalue weighted by atomic mass is 10.2. The summed E-state index contributed by atoms with van der Waals surface area (Å²) in [6.45, 7) is 0.607. The summed E-state index contributed by atoms with van der Waals surface area (Å²) in [7, 11) is 1.54. The molecule has 1 aliphatic rings. The summed E-state index contributed by atoms with van der Waals surface area (Å²) in [4.78, 5) is 27.9. The summed E-state index contributed by atoms with van der Waals surface area (Å²) >= 11 is 0. The van der Waals surface area contributed by atoms with Crippen LogP contribution in [0.3, 0.4) is 0 Å². The van der Waals surface area contributed by atoms with Crippen molar-refractivity contribution in [2.75, 3.05) is 19.0 Å². The standard InChI is InChI=1S/C18H19N3O4/c1-19-17(22)14-11-12(8-9-20-14)25-15-6-3-2-5-13(15)21-18(23)16-7-4-10-24-16/h2-3,5-6,8-9,11,16H,4,7,10H2,1H3,(H,19,22)(H,21,23)/t16-/m0/s1. The van der Waals surface area contributed by atoms with E-state index >= 15 is 0 Å². The second kappa shape index (κ2) is 7.76.